The maximum absolute atomic E-state index is 13.5. The van der Waals surface area contributed by atoms with Crippen LogP contribution in [0.1, 0.15) is 30.4 Å². The van der Waals surface area contributed by atoms with Crippen LogP contribution >= 0.6 is 0 Å². The molecule has 2 fully saturated rings. The first-order valence-electron chi connectivity index (χ1n) is 13.2. The molecule has 0 spiro atoms. The molecule has 37 heavy (non-hydrogen) atoms. The summed E-state index contributed by atoms with van der Waals surface area (Å²) in [7, 11) is 1.64. The molecule has 2 atom stereocenters. The summed E-state index contributed by atoms with van der Waals surface area (Å²) in [6.07, 6.45) is -0.504. The predicted octanol–water partition coefficient (Wildman–Crippen LogP) is 4.18. The zero-order chi connectivity index (χ0) is 26.0. The minimum atomic E-state index is -4.42. The van der Waals surface area contributed by atoms with Crippen LogP contribution in [0.5, 0.6) is 5.75 Å². The SMILES string of the molecule is COc1ccccc1N1CCN2c3ccc(C(F)(F)F)cc3CC(C(=O)NCCN3CCCCC3)C2C1. The molecule has 2 aromatic carbocycles. The van der Waals surface area contributed by atoms with E-state index in [1.54, 1.807) is 13.2 Å². The minimum absolute atomic E-state index is 0.0862. The zero-order valence-corrected chi connectivity index (χ0v) is 21.3. The number of carbonyl (C=O) groups is 1. The van der Waals surface area contributed by atoms with E-state index in [2.05, 4.69) is 20.0 Å². The second kappa shape index (κ2) is 10.8. The van der Waals surface area contributed by atoms with Crippen molar-refractivity contribution in [1.82, 2.24) is 10.2 Å². The second-order valence-electron chi connectivity index (χ2n) is 10.2. The highest BCUT2D eigenvalue weighted by atomic mass is 19.4. The first-order chi connectivity index (χ1) is 17.8. The fraction of sp³-hybridized carbons (Fsp3) is 0.536. The molecule has 9 heteroatoms. The molecule has 1 amide bonds. The Morgan fingerprint density at radius 1 is 1.03 bits per heavy atom. The molecule has 0 saturated carbocycles. The van der Waals surface area contributed by atoms with Crippen molar-refractivity contribution in [3.05, 3.63) is 53.6 Å². The number of ether oxygens (including phenoxy) is 1. The smallest absolute Gasteiger partial charge is 0.416 e. The molecule has 2 unspecified atom stereocenters. The van der Waals surface area contributed by atoms with Gasteiger partial charge in [-0.2, -0.15) is 13.2 Å². The largest absolute Gasteiger partial charge is 0.495 e. The number of benzene rings is 2. The molecule has 6 nitrogen and oxygen atoms in total. The number of rotatable bonds is 6. The Morgan fingerprint density at radius 3 is 2.57 bits per heavy atom. The molecular formula is C28H35F3N4O2. The summed E-state index contributed by atoms with van der Waals surface area (Å²) < 4.78 is 46.0. The van der Waals surface area contributed by atoms with E-state index in [4.69, 9.17) is 4.74 Å². The van der Waals surface area contributed by atoms with Gasteiger partial charge < -0.3 is 24.8 Å². The van der Waals surface area contributed by atoms with Gasteiger partial charge in [-0.05, 0) is 68.2 Å². The van der Waals surface area contributed by atoms with Crippen molar-refractivity contribution in [3.8, 4) is 5.75 Å². The monoisotopic (exact) mass is 516 g/mol. The molecular weight excluding hydrogens is 481 g/mol. The van der Waals surface area contributed by atoms with E-state index >= 15 is 0 Å². The van der Waals surface area contributed by atoms with Gasteiger partial charge in [0.15, 0.2) is 0 Å². The number of amides is 1. The summed E-state index contributed by atoms with van der Waals surface area (Å²) >= 11 is 0. The van der Waals surface area contributed by atoms with Crippen molar-refractivity contribution in [3.63, 3.8) is 0 Å². The number of nitrogens with one attached hydrogen (secondary N) is 1. The van der Waals surface area contributed by atoms with Crippen LogP contribution in [0.4, 0.5) is 24.5 Å². The highest BCUT2D eigenvalue weighted by Crippen LogP contribution is 2.41. The molecule has 2 aromatic rings. The number of nitrogens with zero attached hydrogens (tertiary/aromatic N) is 3. The van der Waals surface area contributed by atoms with E-state index in [0.717, 1.165) is 42.8 Å². The molecule has 3 aliphatic rings. The molecule has 0 radical (unpaired) electrons. The average molecular weight is 517 g/mol. The number of alkyl halides is 3. The van der Waals surface area contributed by atoms with Crippen LogP contribution < -0.4 is 19.9 Å². The first kappa shape index (κ1) is 25.7. The van der Waals surface area contributed by atoms with Crippen LogP contribution in [0.3, 0.4) is 0 Å². The molecule has 0 bridgehead atoms. The van der Waals surface area contributed by atoms with Crippen molar-refractivity contribution in [2.75, 3.05) is 62.7 Å². The summed E-state index contributed by atoms with van der Waals surface area (Å²) in [6, 6.07) is 11.6. The highest BCUT2D eigenvalue weighted by molar-refractivity contribution is 5.82. The number of hydrogen-bond donors (Lipinski definition) is 1. The Kier molecular flexibility index (Phi) is 7.51. The third kappa shape index (κ3) is 5.51. The number of piperidine rings is 1. The topological polar surface area (TPSA) is 48.1 Å². The molecule has 0 aliphatic carbocycles. The van der Waals surface area contributed by atoms with Gasteiger partial charge in [0.1, 0.15) is 5.75 Å². The normalized spacial score (nSPS) is 22.3. The number of anilines is 2. The summed E-state index contributed by atoms with van der Waals surface area (Å²) in [4.78, 5) is 20.3. The van der Waals surface area contributed by atoms with Gasteiger partial charge in [0, 0.05) is 38.4 Å². The van der Waals surface area contributed by atoms with Crippen LogP contribution in [-0.4, -0.2) is 69.8 Å². The number of piperazine rings is 1. The van der Waals surface area contributed by atoms with Gasteiger partial charge >= 0.3 is 6.18 Å². The van der Waals surface area contributed by atoms with Crippen molar-refractivity contribution in [2.45, 2.75) is 37.9 Å². The Hall–Kier alpha value is -2.94. The van der Waals surface area contributed by atoms with Crippen LogP contribution in [0.2, 0.25) is 0 Å². The van der Waals surface area contributed by atoms with E-state index < -0.39 is 17.7 Å². The first-order valence-corrected chi connectivity index (χ1v) is 13.2. The molecule has 3 aliphatic heterocycles. The van der Waals surface area contributed by atoms with Crippen LogP contribution in [0.25, 0.3) is 0 Å². The van der Waals surface area contributed by atoms with E-state index in [0.29, 0.717) is 31.7 Å². The third-order valence-corrected chi connectivity index (χ3v) is 7.98. The molecule has 5 rings (SSSR count). The molecule has 3 heterocycles. The minimum Gasteiger partial charge on any atom is -0.495 e. The lowest BCUT2D eigenvalue weighted by Gasteiger charge is -2.50. The quantitative estimate of drug-likeness (QED) is 0.624. The predicted molar refractivity (Wildman–Crippen MR) is 138 cm³/mol. The van der Waals surface area contributed by atoms with Gasteiger partial charge in [-0.25, -0.2) is 0 Å². The number of para-hydroxylation sites is 2. The molecule has 200 valence electrons. The van der Waals surface area contributed by atoms with Gasteiger partial charge in [0.2, 0.25) is 5.91 Å². The van der Waals surface area contributed by atoms with Crippen molar-refractivity contribution in [1.29, 1.82) is 0 Å². The molecule has 1 N–H and O–H groups in total. The number of likely N-dealkylation sites (tertiary alicyclic amines) is 1. The van der Waals surface area contributed by atoms with Crippen molar-refractivity contribution in [2.24, 2.45) is 5.92 Å². The number of halogens is 3. The third-order valence-electron chi connectivity index (χ3n) is 7.98. The number of methoxy groups -OCH3 is 1. The maximum atomic E-state index is 13.5. The van der Waals surface area contributed by atoms with Crippen molar-refractivity contribution >= 4 is 17.3 Å². The van der Waals surface area contributed by atoms with E-state index in [1.165, 1.54) is 25.3 Å². The Morgan fingerprint density at radius 2 is 1.81 bits per heavy atom. The maximum Gasteiger partial charge on any atom is 0.416 e. The summed E-state index contributed by atoms with van der Waals surface area (Å²) in [6.45, 7) is 5.33. The van der Waals surface area contributed by atoms with Gasteiger partial charge in [0.25, 0.3) is 0 Å². The van der Waals surface area contributed by atoms with Gasteiger partial charge in [0.05, 0.1) is 30.3 Å². The highest BCUT2D eigenvalue weighted by Gasteiger charge is 2.43. The molecule has 2 saturated heterocycles. The average Bonchev–Trinajstić information content (AvgIpc) is 2.92. The van der Waals surface area contributed by atoms with Gasteiger partial charge in [-0.3, -0.25) is 4.79 Å². The van der Waals surface area contributed by atoms with E-state index in [-0.39, 0.29) is 18.4 Å². The lowest BCUT2D eigenvalue weighted by molar-refractivity contribution is -0.137. The summed E-state index contributed by atoms with van der Waals surface area (Å²) in [5.74, 6) is 0.233. The van der Waals surface area contributed by atoms with Gasteiger partial charge in [-0.1, -0.05) is 18.6 Å². The Labute approximate surface area is 216 Å². The Bertz CT molecular complexity index is 1100. The van der Waals surface area contributed by atoms with Crippen LogP contribution in [0.15, 0.2) is 42.5 Å². The lowest BCUT2D eigenvalue weighted by atomic mass is 9.82. The summed E-state index contributed by atoms with van der Waals surface area (Å²) in [5, 5.41) is 3.11. The van der Waals surface area contributed by atoms with Gasteiger partial charge in [-0.15, -0.1) is 0 Å². The standard InChI is InChI=1S/C28H35F3N4O2/c1-37-26-8-4-3-7-24(26)34-15-16-35-23-10-9-21(28(29,30)31)17-20(23)18-22(25(35)19-34)27(36)32-11-14-33-12-5-2-6-13-33/h3-4,7-10,17,22,25H,2,5-6,11-16,18-19H2,1H3,(H,32,36). The fourth-order valence-corrected chi connectivity index (χ4v) is 6.06. The van der Waals surface area contributed by atoms with E-state index in [1.807, 2.05) is 24.3 Å². The summed E-state index contributed by atoms with van der Waals surface area (Å²) in [5.41, 5.74) is 1.69. The van der Waals surface area contributed by atoms with Crippen molar-refractivity contribution < 1.29 is 22.7 Å². The second-order valence-corrected chi connectivity index (χ2v) is 10.2. The Balaban J connectivity index is 1.39. The fourth-order valence-electron chi connectivity index (χ4n) is 6.06. The number of fused-ring (bicyclic) bond motifs is 3. The van der Waals surface area contributed by atoms with E-state index in [9.17, 15) is 18.0 Å². The molecule has 0 aromatic heterocycles. The lowest BCUT2D eigenvalue weighted by Crippen LogP contribution is -2.61. The number of hydrogen-bond acceptors (Lipinski definition) is 5. The van der Waals surface area contributed by atoms with Crippen LogP contribution in [0, 0.1) is 5.92 Å². The zero-order valence-electron chi connectivity index (χ0n) is 21.3. The van der Waals surface area contributed by atoms with Crippen LogP contribution in [-0.2, 0) is 17.4 Å². The number of carbonyl (C=O) groups excluding carboxylic acids is 1.